The molecule has 0 saturated carbocycles. The van der Waals surface area contributed by atoms with E-state index in [1.807, 2.05) is 0 Å². The molecule has 0 atom stereocenters. The number of hydrogen-bond acceptors (Lipinski definition) is 2. The van der Waals surface area contributed by atoms with Gasteiger partial charge in [-0.05, 0) is 42.5 Å². The van der Waals surface area contributed by atoms with Crippen LogP contribution in [0.4, 0.5) is 17.6 Å². The second-order valence-corrected chi connectivity index (χ2v) is 5.19. The summed E-state index contributed by atoms with van der Waals surface area (Å²) in [6.07, 6.45) is -4.54. The van der Waals surface area contributed by atoms with Gasteiger partial charge >= 0.3 is 12.1 Å². The molecule has 1 N–H and O–H groups in total. The van der Waals surface area contributed by atoms with E-state index >= 15 is 0 Å². The van der Waals surface area contributed by atoms with Gasteiger partial charge in [-0.25, -0.2) is 13.9 Å². The largest absolute Gasteiger partial charge is 0.476 e. The van der Waals surface area contributed by atoms with Gasteiger partial charge in [0.05, 0.1) is 16.9 Å². The lowest BCUT2D eigenvalue weighted by Gasteiger charge is -2.10. The number of aromatic nitrogens is 2. The van der Waals surface area contributed by atoms with Crippen molar-refractivity contribution in [3.8, 4) is 16.9 Å². The average molecular weight is 350 g/mol. The Balaban J connectivity index is 2.18. The van der Waals surface area contributed by atoms with Crippen molar-refractivity contribution in [2.45, 2.75) is 6.18 Å². The molecule has 0 unspecified atom stereocenters. The highest BCUT2D eigenvalue weighted by Crippen LogP contribution is 2.33. The second-order valence-electron chi connectivity index (χ2n) is 5.19. The summed E-state index contributed by atoms with van der Waals surface area (Å²) in [4.78, 5) is 11.2. The first-order chi connectivity index (χ1) is 11.8. The van der Waals surface area contributed by atoms with E-state index in [1.165, 1.54) is 35.0 Å². The van der Waals surface area contributed by atoms with E-state index in [2.05, 4.69) is 5.10 Å². The lowest BCUT2D eigenvalue weighted by molar-refractivity contribution is -0.137. The van der Waals surface area contributed by atoms with E-state index in [4.69, 9.17) is 5.11 Å². The van der Waals surface area contributed by atoms with Crippen LogP contribution in [0.1, 0.15) is 16.1 Å². The quantitative estimate of drug-likeness (QED) is 0.713. The highest BCUT2D eigenvalue weighted by atomic mass is 19.4. The molecule has 0 fully saturated rings. The molecule has 2 aromatic carbocycles. The zero-order valence-electron chi connectivity index (χ0n) is 12.5. The number of carboxylic acid groups (broad SMARTS) is 1. The Morgan fingerprint density at radius 3 is 2.32 bits per heavy atom. The molecule has 25 heavy (non-hydrogen) atoms. The molecular formula is C17H10F4N2O2. The van der Waals surface area contributed by atoms with Crippen LogP contribution < -0.4 is 0 Å². The number of carbonyl (C=O) groups is 1. The van der Waals surface area contributed by atoms with Gasteiger partial charge in [0.2, 0.25) is 0 Å². The highest BCUT2D eigenvalue weighted by Gasteiger charge is 2.31. The minimum absolute atomic E-state index is 0.138. The summed E-state index contributed by atoms with van der Waals surface area (Å²) in [7, 11) is 0. The van der Waals surface area contributed by atoms with Crippen LogP contribution >= 0.6 is 0 Å². The molecule has 0 aliphatic carbocycles. The first kappa shape index (κ1) is 16.7. The Hall–Kier alpha value is -3.16. The Morgan fingerprint density at radius 1 is 1.04 bits per heavy atom. The average Bonchev–Trinajstić information content (AvgIpc) is 3.00. The Kier molecular flexibility index (Phi) is 4.03. The summed E-state index contributed by atoms with van der Waals surface area (Å²) in [6, 6.07) is 10.6. The second kappa shape index (κ2) is 6.04. The van der Waals surface area contributed by atoms with Crippen molar-refractivity contribution < 1.29 is 27.5 Å². The van der Waals surface area contributed by atoms with Crippen LogP contribution in [0, 0.1) is 5.82 Å². The molecule has 0 aliphatic rings. The fraction of sp³-hybridized carbons (Fsp3) is 0.0588. The molecular weight excluding hydrogens is 340 g/mol. The smallest absolute Gasteiger partial charge is 0.416 e. The van der Waals surface area contributed by atoms with Gasteiger partial charge in [-0.2, -0.15) is 18.3 Å². The molecule has 128 valence electrons. The van der Waals surface area contributed by atoms with E-state index in [0.29, 0.717) is 5.69 Å². The van der Waals surface area contributed by atoms with Crippen molar-refractivity contribution in [1.82, 2.24) is 9.78 Å². The number of rotatable bonds is 3. The Labute approximate surface area is 139 Å². The molecule has 0 aliphatic heterocycles. The van der Waals surface area contributed by atoms with Gasteiger partial charge in [-0.3, -0.25) is 0 Å². The van der Waals surface area contributed by atoms with Crippen molar-refractivity contribution in [1.29, 1.82) is 0 Å². The molecule has 0 amide bonds. The highest BCUT2D eigenvalue weighted by molar-refractivity contribution is 5.87. The molecule has 3 rings (SSSR count). The Bertz CT molecular complexity index is 931. The maximum absolute atomic E-state index is 13.1. The lowest BCUT2D eigenvalue weighted by Crippen LogP contribution is -2.05. The van der Waals surface area contributed by atoms with Crippen LogP contribution in [0.2, 0.25) is 0 Å². The predicted molar refractivity (Wildman–Crippen MR) is 80.9 cm³/mol. The van der Waals surface area contributed by atoms with Gasteiger partial charge in [0.1, 0.15) is 5.82 Å². The monoisotopic (exact) mass is 350 g/mol. The molecule has 0 radical (unpaired) electrons. The number of nitrogens with zero attached hydrogens (tertiary/aromatic N) is 2. The summed E-state index contributed by atoms with van der Waals surface area (Å²) in [5.74, 6) is -1.83. The van der Waals surface area contributed by atoms with Gasteiger partial charge in [-0.1, -0.05) is 12.1 Å². The molecule has 3 aromatic rings. The number of aromatic carboxylic acids is 1. The SMILES string of the molecule is O=C(O)c1cc(-c2cccc(C(F)(F)F)c2)n(-c2ccc(F)cc2)n1. The normalized spacial score (nSPS) is 11.5. The van der Waals surface area contributed by atoms with E-state index in [0.717, 1.165) is 24.3 Å². The zero-order valence-corrected chi connectivity index (χ0v) is 12.5. The summed E-state index contributed by atoms with van der Waals surface area (Å²) < 4.78 is 53.0. The van der Waals surface area contributed by atoms with Crippen LogP contribution in [0.25, 0.3) is 16.9 Å². The minimum Gasteiger partial charge on any atom is -0.476 e. The van der Waals surface area contributed by atoms with Gasteiger partial charge in [0.25, 0.3) is 0 Å². The Morgan fingerprint density at radius 2 is 1.72 bits per heavy atom. The van der Waals surface area contributed by atoms with Crippen LogP contribution in [0.5, 0.6) is 0 Å². The van der Waals surface area contributed by atoms with Crippen LogP contribution in [-0.2, 0) is 6.18 Å². The first-order valence-corrected chi connectivity index (χ1v) is 7.02. The number of carboxylic acids is 1. The first-order valence-electron chi connectivity index (χ1n) is 7.02. The fourth-order valence-corrected chi connectivity index (χ4v) is 2.33. The van der Waals surface area contributed by atoms with Crippen LogP contribution in [-0.4, -0.2) is 20.9 Å². The third kappa shape index (κ3) is 3.37. The number of halogens is 4. The van der Waals surface area contributed by atoms with Gasteiger partial charge in [0.15, 0.2) is 5.69 Å². The summed E-state index contributed by atoms with van der Waals surface area (Å²) in [5, 5.41) is 13.0. The van der Waals surface area contributed by atoms with Crippen molar-refractivity contribution >= 4 is 5.97 Å². The summed E-state index contributed by atoms with van der Waals surface area (Å²) in [6.45, 7) is 0. The van der Waals surface area contributed by atoms with E-state index < -0.39 is 23.5 Å². The summed E-state index contributed by atoms with van der Waals surface area (Å²) >= 11 is 0. The maximum Gasteiger partial charge on any atom is 0.416 e. The third-order valence-electron chi connectivity index (χ3n) is 3.49. The maximum atomic E-state index is 13.1. The third-order valence-corrected chi connectivity index (χ3v) is 3.49. The fourth-order valence-electron chi connectivity index (χ4n) is 2.33. The molecule has 4 nitrogen and oxygen atoms in total. The zero-order chi connectivity index (χ0) is 18.2. The molecule has 0 bridgehead atoms. The van der Waals surface area contributed by atoms with Crippen LogP contribution in [0.15, 0.2) is 54.6 Å². The van der Waals surface area contributed by atoms with Gasteiger partial charge in [0, 0.05) is 5.56 Å². The van der Waals surface area contributed by atoms with Gasteiger partial charge in [-0.15, -0.1) is 0 Å². The van der Waals surface area contributed by atoms with Crippen molar-refractivity contribution in [2.75, 3.05) is 0 Å². The van der Waals surface area contributed by atoms with Crippen molar-refractivity contribution in [3.05, 3.63) is 71.7 Å². The van der Waals surface area contributed by atoms with Crippen LogP contribution in [0.3, 0.4) is 0 Å². The number of alkyl halides is 3. The topological polar surface area (TPSA) is 55.1 Å². The predicted octanol–water partition coefficient (Wildman–Crippen LogP) is 4.40. The van der Waals surface area contributed by atoms with E-state index in [9.17, 15) is 22.4 Å². The van der Waals surface area contributed by atoms with Gasteiger partial charge < -0.3 is 5.11 Å². The molecule has 1 aromatic heterocycles. The molecule has 1 heterocycles. The molecule has 0 spiro atoms. The van der Waals surface area contributed by atoms with E-state index in [-0.39, 0.29) is 17.0 Å². The number of benzene rings is 2. The number of hydrogen-bond donors (Lipinski definition) is 1. The molecule has 0 saturated heterocycles. The molecule has 8 heteroatoms. The standard InChI is InChI=1S/C17H10F4N2O2/c18-12-4-6-13(7-5-12)23-15(9-14(22-23)16(24)25)10-2-1-3-11(8-10)17(19,20)21/h1-9H,(H,24,25). The van der Waals surface area contributed by atoms with Crippen molar-refractivity contribution in [3.63, 3.8) is 0 Å². The van der Waals surface area contributed by atoms with E-state index in [1.54, 1.807) is 0 Å². The summed E-state index contributed by atoms with van der Waals surface area (Å²) in [5.41, 5.74) is -0.596. The lowest BCUT2D eigenvalue weighted by atomic mass is 10.1. The van der Waals surface area contributed by atoms with Crippen molar-refractivity contribution in [2.24, 2.45) is 0 Å². The minimum atomic E-state index is -4.54.